The molecule has 1 atom stereocenters. The maximum absolute atomic E-state index is 12.1. The first kappa shape index (κ1) is 24.3. The van der Waals surface area contributed by atoms with Crippen LogP contribution in [0.1, 0.15) is 30.1 Å². The van der Waals surface area contributed by atoms with Crippen LogP contribution in [0.3, 0.4) is 0 Å². The van der Waals surface area contributed by atoms with Gasteiger partial charge in [-0.3, -0.25) is 14.4 Å². The summed E-state index contributed by atoms with van der Waals surface area (Å²) in [6.45, 7) is 14.0. The number of piperazine rings is 1. The molecule has 2 aliphatic heterocycles. The summed E-state index contributed by atoms with van der Waals surface area (Å²) in [7, 11) is 2.08. The van der Waals surface area contributed by atoms with Crippen molar-refractivity contribution in [1.82, 2.24) is 9.80 Å². The molecule has 1 unspecified atom stereocenters. The number of allylic oxidation sites excluding steroid dienone is 2. The van der Waals surface area contributed by atoms with Crippen LogP contribution in [0.15, 0.2) is 61.2 Å². The van der Waals surface area contributed by atoms with Crippen LogP contribution in [0, 0.1) is 0 Å². The van der Waals surface area contributed by atoms with Crippen LogP contribution in [0.5, 0.6) is 0 Å². The molecule has 1 amide bonds. The van der Waals surface area contributed by atoms with Crippen LogP contribution in [0.25, 0.3) is 0 Å². The van der Waals surface area contributed by atoms with Crippen LogP contribution < -0.4 is 4.90 Å². The van der Waals surface area contributed by atoms with Gasteiger partial charge in [0.15, 0.2) is 6.29 Å². The number of nitrogens with zero attached hydrogens (tertiary/aromatic N) is 3. The Morgan fingerprint density at radius 1 is 1.03 bits per heavy atom. The lowest BCUT2D eigenvalue weighted by Gasteiger charge is -2.37. The lowest BCUT2D eigenvalue weighted by molar-refractivity contribution is -0.129. The van der Waals surface area contributed by atoms with Gasteiger partial charge in [0, 0.05) is 55.6 Å². The first-order valence-electron chi connectivity index (χ1n) is 10.7. The molecule has 2 fully saturated rings. The van der Waals surface area contributed by atoms with Gasteiger partial charge in [0.2, 0.25) is 5.78 Å². The quantitative estimate of drug-likeness (QED) is 0.231. The van der Waals surface area contributed by atoms with Gasteiger partial charge >= 0.3 is 0 Å². The second-order valence-corrected chi connectivity index (χ2v) is 7.87. The molecule has 6 heteroatoms. The van der Waals surface area contributed by atoms with Crippen LogP contribution >= 0.6 is 0 Å². The van der Waals surface area contributed by atoms with Gasteiger partial charge in [0.1, 0.15) is 0 Å². The molecule has 2 heterocycles. The van der Waals surface area contributed by atoms with Gasteiger partial charge < -0.3 is 14.7 Å². The number of carbonyl (C=O) groups is 3. The fraction of sp³-hybridized carbons (Fsp3) is 0.400. The number of aldehydes is 1. The van der Waals surface area contributed by atoms with Crippen LogP contribution in [-0.2, 0) is 9.59 Å². The van der Waals surface area contributed by atoms with Gasteiger partial charge in [-0.1, -0.05) is 31.4 Å². The number of ketones is 1. The van der Waals surface area contributed by atoms with Crippen molar-refractivity contribution >= 4 is 23.7 Å². The normalized spacial score (nSPS) is 19.3. The van der Waals surface area contributed by atoms with E-state index in [1.807, 2.05) is 17.0 Å². The van der Waals surface area contributed by atoms with E-state index < -0.39 is 5.78 Å². The molecule has 2 saturated heterocycles. The Labute approximate surface area is 185 Å². The molecule has 0 bridgehead atoms. The minimum absolute atomic E-state index is 0.0508. The SMILES string of the molecule is C=C/C=C(\C=C)C(=O)N1CCN(C)C(C)C1.O=CC(=O)c1ccc(N2CCCC2)cc1. The fourth-order valence-electron chi connectivity index (χ4n) is 3.65. The highest BCUT2D eigenvalue weighted by Gasteiger charge is 2.25. The van der Waals surface area contributed by atoms with E-state index in [9.17, 15) is 14.4 Å². The number of benzene rings is 1. The molecule has 1 aromatic carbocycles. The molecule has 3 rings (SSSR count). The summed E-state index contributed by atoms with van der Waals surface area (Å²) >= 11 is 0. The zero-order valence-electron chi connectivity index (χ0n) is 18.6. The number of hydrogen-bond donors (Lipinski definition) is 0. The highest BCUT2D eigenvalue weighted by molar-refractivity contribution is 6.33. The first-order chi connectivity index (χ1) is 14.9. The third kappa shape index (κ3) is 6.76. The smallest absolute Gasteiger partial charge is 0.253 e. The largest absolute Gasteiger partial charge is 0.372 e. The molecular formula is C25H33N3O3. The fourth-order valence-corrected chi connectivity index (χ4v) is 3.65. The van der Waals surface area contributed by atoms with Crippen LogP contribution in [-0.4, -0.2) is 73.6 Å². The van der Waals surface area contributed by atoms with Crippen molar-refractivity contribution in [2.75, 3.05) is 44.7 Å². The van der Waals surface area contributed by atoms with Crippen molar-refractivity contribution in [1.29, 1.82) is 0 Å². The standard InChI is InChI=1S/C13H20N2O.C12H13NO2/c1-5-7-12(6-2)13(16)15-9-8-14(4)11(3)10-15;14-9-12(15)10-3-5-11(6-4-10)13-7-1-2-8-13/h5-7,11H,1-2,8-10H2,3-4H3;3-6,9H,1-2,7-8H2/b12-7+;. The lowest BCUT2D eigenvalue weighted by Crippen LogP contribution is -2.52. The Morgan fingerprint density at radius 2 is 1.68 bits per heavy atom. The Bertz CT molecular complexity index is 823. The Kier molecular flexibility index (Phi) is 9.40. The van der Waals surface area contributed by atoms with E-state index in [0.717, 1.165) is 38.4 Å². The summed E-state index contributed by atoms with van der Waals surface area (Å²) in [4.78, 5) is 39.9. The topological polar surface area (TPSA) is 60.9 Å². The number of anilines is 1. The predicted octanol–water partition coefficient (Wildman–Crippen LogP) is 3.12. The van der Waals surface area contributed by atoms with E-state index in [-0.39, 0.29) is 5.91 Å². The molecule has 0 spiro atoms. The Morgan fingerprint density at radius 3 is 2.19 bits per heavy atom. The maximum Gasteiger partial charge on any atom is 0.253 e. The van der Waals surface area contributed by atoms with Gasteiger partial charge in [-0.2, -0.15) is 0 Å². The summed E-state index contributed by atoms with van der Waals surface area (Å²) in [5.74, 6) is -0.405. The van der Waals surface area contributed by atoms with Crippen LogP contribution in [0.2, 0.25) is 0 Å². The molecule has 166 valence electrons. The van der Waals surface area contributed by atoms with Gasteiger partial charge in [-0.15, -0.1) is 0 Å². The van der Waals surface area contributed by atoms with Crippen molar-refractivity contribution in [2.45, 2.75) is 25.8 Å². The molecule has 0 N–H and O–H groups in total. The number of likely N-dealkylation sites (N-methyl/N-ethyl adjacent to an activating group) is 1. The number of rotatable bonds is 6. The van der Waals surface area contributed by atoms with Crippen molar-refractivity contribution in [2.24, 2.45) is 0 Å². The molecule has 0 aliphatic carbocycles. The second kappa shape index (κ2) is 12.0. The molecule has 31 heavy (non-hydrogen) atoms. The number of amides is 1. The number of Topliss-reactive ketones (excluding diaryl/α,β-unsaturated/α-hetero) is 1. The molecule has 0 radical (unpaired) electrons. The predicted molar refractivity (Wildman–Crippen MR) is 125 cm³/mol. The van der Waals surface area contributed by atoms with E-state index in [1.165, 1.54) is 12.8 Å². The van der Waals surface area contributed by atoms with E-state index >= 15 is 0 Å². The van der Waals surface area contributed by atoms with Crippen molar-refractivity contribution in [3.63, 3.8) is 0 Å². The summed E-state index contributed by atoms with van der Waals surface area (Å²) in [5.41, 5.74) is 2.22. The maximum atomic E-state index is 12.1. The van der Waals surface area contributed by atoms with Gasteiger partial charge in [0.25, 0.3) is 5.91 Å². The third-order valence-corrected chi connectivity index (χ3v) is 5.74. The minimum atomic E-state index is -0.456. The molecule has 2 aliphatic rings. The van der Waals surface area contributed by atoms with Gasteiger partial charge in [-0.05, 0) is 51.1 Å². The molecule has 1 aromatic rings. The van der Waals surface area contributed by atoms with Crippen molar-refractivity contribution in [3.05, 3.63) is 66.8 Å². The zero-order valence-corrected chi connectivity index (χ0v) is 18.6. The number of carbonyl (C=O) groups excluding carboxylic acids is 3. The van der Waals surface area contributed by atoms with Gasteiger partial charge in [-0.25, -0.2) is 0 Å². The molecule has 0 aromatic heterocycles. The van der Waals surface area contributed by atoms with E-state index in [0.29, 0.717) is 23.5 Å². The van der Waals surface area contributed by atoms with Crippen LogP contribution in [0.4, 0.5) is 5.69 Å². The Hall–Kier alpha value is -2.99. The van der Waals surface area contributed by atoms with Crippen molar-refractivity contribution in [3.8, 4) is 0 Å². The highest BCUT2D eigenvalue weighted by atomic mass is 16.2. The first-order valence-corrected chi connectivity index (χ1v) is 10.7. The Balaban J connectivity index is 0.000000220. The molecule has 6 nitrogen and oxygen atoms in total. The molecular weight excluding hydrogens is 390 g/mol. The van der Waals surface area contributed by atoms with E-state index in [2.05, 4.69) is 36.9 Å². The minimum Gasteiger partial charge on any atom is -0.372 e. The van der Waals surface area contributed by atoms with E-state index in [1.54, 1.807) is 30.4 Å². The van der Waals surface area contributed by atoms with Gasteiger partial charge in [0.05, 0.1) is 0 Å². The zero-order chi connectivity index (χ0) is 22.8. The summed E-state index contributed by atoms with van der Waals surface area (Å²) < 4.78 is 0. The highest BCUT2D eigenvalue weighted by Crippen LogP contribution is 2.20. The summed E-state index contributed by atoms with van der Waals surface area (Å²) in [5, 5.41) is 0. The van der Waals surface area contributed by atoms with E-state index in [4.69, 9.17) is 0 Å². The molecule has 0 saturated carbocycles. The second-order valence-electron chi connectivity index (χ2n) is 7.87. The monoisotopic (exact) mass is 423 g/mol. The average molecular weight is 424 g/mol. The summed E-state index contributed by atoms with van der Waals surface area (Å²) in [6, 6.07) is 7.64. The third-order valence-electron chi connectivity index (χ3n) is 5.74. The lowest BCUT2D eigenvalue weighted by atomic mass is 10.1. The van der Waals surface area contributed by atoms with Crippen molar-refractivity contribution < 1.29 is 14.4 Å². The summed E-state index contributed by atoms with van der Waals surface area (Å²) in [6.07, 6.45) is 7.73. The average Bonchev–Trinajstić information content (AvgIpc) is 3.34. The number of hydrogen-bond acceptors (Lipinski definition) is 5.